The molecule has 3 heteroatoms. The van der Waals surface area contributed by atoms with Crippen LogP contribution in [-0.2, 0) is 4.79 Å². The maximum Gasteiger partial charge on any atom is 0.225 e. The van der Waals surface area contributed by atoms with Gasteiger partial charge >= 0.3 is 0 Å². The summed E-state index contributed by atoms with van der Waals surface area (Å²) in [5.74, 6) is 0.920. The standard InChI is InChI=1S/C7H15NOS/c1-4-6(5-10)7(9)8(2)3/h6,10H,4-5H2,1-3H3. The van der Waals surface area contributed by atoms with Crippen LogP contribution >= 0.6 is 12.6 Å². The van der Waals surface area contributed by atoms with E-state index in [0.717, 1.165) is 6.42 Å². The molecule has 0 aliphatic rings. The van der Waals surface area contributed by atoms with Gasteiger partial charge in [-0.15, -0.1) is 0 Å². The number of rotatable bonds is 3. The molecule has 0 aromatic carbocycles. The average molecular weight is 161 g/mol. The minimum Gasteiger partial charge on any atom is -0.349 e. The number of amides is 1. The molecule has 1 unspecified atom stereocenters. The number of carbonyl (C=O) groups excluding carboxylic acids is 1. The van der Waals surface area contributed by atoms with Crippen LogP contribution in [0.1, 0.15) is 13.3 Å². The predicted octanol–water partition coefficient (Wildman–Crippen LogP) is 1.03. The largest absolute Gasteiger partial charge is 0.349 e. The van der Waals surface area contributed by atoms with Crippen LogP contribution in [-0.4, -0.2) is 30.7 Å². The van der Waals surface area contributed by atoms with Gasteiger partial charge < -0.3 is 4.90 Å². The number of hydrogen-bond donors (Lipinski definition) is 1. The molecule has 0 aromatic heterocycles. The van der Waals surface area contributed by atoms with Crippen LogP contribution in [0.25, 0.3) is 0 Å². The summed E-state index contributed by atoms with van der Waals surface area (Å²) in [6.45, 7) is 2.00. The topological polar surface area (TPSA) is 20.3 Å². The Hall–Kier alpha value is -0.180. The van der Waals surface area contributed by atoms with Crippen LogP contribution in [0, 0.1) is 5.92 Å². The van der Waals surface area contributed by atoms with Gasteiger partial charge in [0.1, 0.15) is 0 Å². The summed E-state index contributed by atoms with van der Waals surface area (Å²) < 4.78 is 0. The molecule has 2 nitrogen and oxygen atoms in total. The second-order valence-electron chi connectivity index (χ2n) is 2.52. The summed E-state index contributed by atoms with van der Waals surface area (Å²) in [7, 11) is 3.54. The summed E-state index contributed by atoms with van der Waals surface area (Å²) >= 11 is 4.08. The highest BCUT2D eigenvalue weighted by Crippen LogP contribution is 2.06. The molecule has 60 valence electrons. The predicted molar refractivity (Wildman–Crippen MR) is 46.3 cm³/mol. The third-order valence-corrected chi connectivity index (χ3v) is 1.94. The monoisotopic (exact) mass is 161 g/mol. The van der Waals surface area contributed by atoms with Crippen molar-refractivity contribution in [3.05, 3.63) is 0 Å². The molecule has 0 aliphatic carbocycles. The van der Waals surface area contributed by atoms with Crippen molar-refractivity contribution in [2.45, 2.75) is 13.3 Å². The van der Waals surface area contributed by atoms with Crippen LogP contribution in [0.15, 0.2) is 0 Å². The molecular formula is C7H15NOS. The van der Waals surface area contributed by atoms with Gasteiger partial charge in [-0.1, -0.05) is 6.92 Å². The Labute approximate surface area is 68.0 Å². The van der Waals surface area contributed by atoms with Gasteiger partial charge in [0, 0.05) is 25.8 Å². The molecule has 0 spiro atoms. The van der Waals surface area contributed by atoms with Gasteiger partial charge in [-0.05, 0) is 6.42 Å². The molecule has 1 atom stereocenters. The van der Waals surface area contributed by atoms with Gasteiger partial charge in [0.05, 0.1) is 0 Å². The first-order valence-electron chi connectivity index (χ1n) is 3.45. The van der Waals surface area contributed by atoms with Crippen LogP contribution in [0.2, 0.25) is 0 Å². The summed E-state index contributed by atoms with van der Waals surface area (Å²) in [6.07, 6.45) is 0.876. The lowest BCUT2D eigenvalue weighted by molar-refractivity contribution is -0.132. The fraction of sp³-hybridized carbons (Fsp3) is 0.857. The Bertz CT molecular complexity index is 110. The Kier molecular flexibility index (Phi) is 4.52. The molecule has 0 saturated carbocycles. The number of carbonyl (C=O) groups is 1. The number of hydrogen-bond acceptors (Lipinski definition) is 2. The molecule has 0 saturated heterocycles. The first-order chi connectivity index (χ1) is 4.63. The highest BCUT2D eigenvalue weighted by molar-refractivity contribution is 7.80. The second kappa shape index (κ2) is 4.61. The second-order valence-corrected chi connectivity index (χ2v) is 2.89. The van der Waals surface area contributed by atoms with Gasteiger partial charge in [0.2, 0.25) is 5.91 Å². The van der Waals surface area contributed by atoms with E-state index in [1.807, 2.05) is 6.92 Å². The summed E-state index contributed by atoms with van der Waals surface area (Å²) in [4.78, 5) is 12.8. The highest BCUT2D eigenvalue weighted by Gasteiger charge is 2.15. The Morgan fingerprint density at radius 2 is 2.10 bits per heavy atom. The van der Waals surface area contributed by atoms with E-state index in [4.69, 9.17) is 0 Å². The highest BCUT2D eigenvalue weighted by atomic mass is 32.1. The fourth-order valence-corrected chi connectivity index (χ4v) is 1.16. The van der Waals surface area contributed by atoms with Gasteiger partial charge in [-0.25, -0.2) is 0 Å². The smallest absolute Gasteiger partial charge is 0.225 e. The Morgan fingerprint density at radius 1 is 1.60 bits per heavy atom. The lowest BCUT2D eigenvalue weighted by Gasteiger charge is -2.16. The van der Waals surface area contributed by atoms with E-state index in [1.54, 1.807) is 19.0 Å². The quantitative estimate of drug-likeness (QED) is 0.613. The van der Waals surface area contributed by atoms with E-state index < -0.39 is 0 Å². The Morgan fingerprint density at radius 3 is 2.20 bits per heavy atom. The van der Waals surface area contributed by atoms with Crippen LogP contribution in [0.5, 0.6) is 0 Å². The van der Waals surface area contributed by atoms with E-state index in [9.17, 15) is 4.79 Å². The summed E-state index contributed by atoms with van der Waals surface area (Å²) in [5.41, 5.74) is 0. The van der Waals surface area contributed by atoms with Gasteiger partial charge in [0.25, 0.3) is 0 Å². The van der Waals surface area contributed by atoms with Gasteiger partial charge in [-0.2, -0.15) is 12.6 Å². The molecule has 0 N–H and O–H groups in total. The van der Waals surface area contributed by atoms with Crippen molar-refractivity contribution < 1.29 is 4.79 Å². The van der Waals surface area contributed by atoms with Crippen molar-refractivity contribution in [2.75, 3.05) is 19.8 Å². The SMILES string of the molecule is CCC(CS)C(=O)N(C)C. The maximum atomic E-state index is 11.2. The lowest BCUT2D eigenvalue weighted by Crippen LogP contribution is -2.30. The molecule has 0 aromatic rings. The Balaban J connectivity index is 3.89. The number of nitrogens with zero attached hydrogens (tertiary/aromatic N) is 1. The minimum atomic E-state index is 0.0957. The van der Waals surface area contributed by atoms with Crippen molar-refractivity contribution in [3.63, 3.8) is 0 Å². The fourth-order valence-electron chi connectivity index (χ4n) is 0.747. The van der Waals surface area contributed by atoms with Crippen LogP contribution < -0.4 is 0 Å². The van der Waals surface area contributed by atoms with Crippen LogP contribution in [0.4, 0.5) is 0 Å². The van der Waals surface area contributed by atoms with E-state index in [2.05, 4.69) is 12.6 Å². The van der Waals surface area contributed by atoms with Crippen molar-refractivity contribution in [1.29, 1.82) is 0 Å². The lowest BCUT2D eigenvalue weighted by atomic mass is 10.1. The first kappa shape index (κ1) is 9.82. The zero-order valence-corrected chi connectivity index (χ0v) is 7.69. The van der Waals surface area contributed by atoms with E-state index in [0.29, 0.717) is 5.75 Å². The van der Waals surface area contributed by atoms with Gasteiger partial charge in [-0.3, -0.25) is 4.79 Å². The molecule has 0 radical (unpaired) electrons. The third kappa shape index (κ3) is 2.60. The molecule has 0 aliphatic heterocycles. The molecule has 0 rings (SSSR count). The normalized spacial score (nSPS) is 12.8. The average Bonchev–Trinajstić information content (AvgIpc) is 1.90. The van der Waals surface area contributed by atoms with Crippen molar-refractivity contribution >= 4 is 18.5 Å². The summed E-state index contributed by atoms with van der Waals surface area (Å²) in [6, 6.07) is 0. The molecule has 0 bridgehead atoms. The van der Waals surface area contributed by atoms with E-state index in [1.165, 1.54) is 0 Å². The van der Waals surface area contributed by atoms with E-state index in [-0.39, 0.29) is 11.8 Å². The first-order valence-corrected chi connectivity index (χ1v) is 4.08. The molecule has 1 amide bonds. The van der Waals surface area contributed by atoms with Gasteiger partial charge in [0.15, 0.2) is 0 Å². The molecular weight excluding hydrogens is 146 g/mol. The summed E-state index contributed by atoms with van der Waals surface area (Å²) in [5, 5.41) is 0. The van der Waals surface area contributed by atoms with E-state index >= 15 is 0 Å². The zero-order chi connectivity index (χ0) is 8.15. The molecule has 10 heavy (non-hydrogen) atoms. The number of thiol groups is 1. The zero-order valence-electron chi connectivity index (χ0n) is 6.79. The van der Waals surface area contributed by atoms with Crippen molar-refractivity contribution in [1.82, 2.24) is 4.90 Å². The molecule has 0 heterocycles. The van der Waals surface area contributed by atoms with Crippen molar-refractivity contribution in [2.24, 2.45) is 5.92 Å². The minimum absolute atomic E-state index is 0.0957. The van der Waals surface area contributed by atoms with Crippen LogP contribution in [0.3, 0.4) is 0 Å². The maximum absolute atomic E-state index is 11.2. The van der Waals surface area contributed by atoms with Crippen molar-refractivity contribution in [3.8, 4) is 0 Å². The third-order valence-electron chi connectivity index (χ3n) is 1.50. The molecule has 0 fully saturated rings.